The number of aromatic amines is 1. The molecule has 0 atom stereocenters. The van der Waals surface area contributed by atoms with Crippen LogP contribution in [0.1, 0.15) is 70.0 Å². The lowest BCUT2D eigenvalue weighted by molar-refractivity contribution is -0.144. The molecule has 1 saturated heterocycles. The van der Waals surface area contributed by atoms with Crippen molar-refractivity contribution >= 4 is 5.91 Å². The first-order valence-corrected chi connectivity index (χ1v) is 9.81. The SMILES string of the molecule is CC(C)(C)c1nc2c(c(=O)[nH]1)CCC21CCN(C(=O)C2CC(O)C2)CC1. The van der Waals surface area contributed by atoms with Crippen LogP contribution in [-0.2, 0) is 22.0 Å². The van der Waals surface area contributed by atoms with Gasteiger partial charge < -0.3 is 15.0 Å². The van der Waals surface area contributed by atoms with Gasteiger partial charge in [-0.05, 0) is 38.5 Å². The first-order chi connectivity index (χ1) is 12.2. The van der Waals surface area contributed by atoms with Crippen LogP contribution in [0.3, 0.4) is 0 Å². The molecule has 1 aromatic rings. The van der Waals surface area contributed by atoms with Crippen LogP contribution in [0.4, 0.5) is 0 Å². The molecule has 3 aliphatic rings. The highest BCUT2D eigenvalue weighted by atomic mass is 16.3. The fourth-order valence-electron chi connectivity index (χ4n) is 4.70. The molecular formula is C20H29N3O3. The van der Waals surface area contributed by atoms with Gasteiger partial charge >= 0.3 is 0 Å². The van der Waals surface area contributed by atoms with Gasteiger partial charge in [-0.3, -0.25) is 9.59 Å². The van der Waals surface area contributed by atoms with E-state index in [1.165, 1.54) is 0 Å². The van der Waals surface area contributed by atoms with Gasteiger partial charge in [-0.1, -0.05) is 20.8 Å². The summed E-state index contributed by atoms with van der Waals surface area (Å²) in [5.74, 6) is 0.950. The van der Waals surface area contributed by atoms with Gasteiger partial charge in [-0.2, -0.15) is 0 Å². The molecule has 0 unspecified atom stereocenters. The fourth-order valence-corrected chi connectivity index (χ4v) is 4.70. The van der Waals surface area contributed by atoms with Gasteiger partial charge in [0.25, 0.3) is 5.56 Å². The molecular weight excluding hydrogens is 330 g/mol. The van der Waals surface area contributed by atoms with Gasteiger partial charge in [-0.25, -0.2) is 4.98 Å². The minimum absolute atomic E-state index is 0.00313. The first-order valence-electron chi connectivity index (χ1n) is 9.81. The average Bonchev–Trinajstić information content (AvgIpc) is 2.90. The van der Waals surface area contributed by atoms with Crippen LogP contribution in [0.5, 0.6) is 0 Å². The highest BCUT2D eigenvalue weighted by Crippen LogP contribution is 2.45. The largest absolute Gasteiger partial charge is 0.393 e. The Morgan fingerprint density at radius 3 is 2.46 bits per heavy atom. The van der Waals surface area contributed by atoms with Crippen LogP contribution < -0.4 is 5.56 Å². The van der Waals surface area contributed by atoms with Gasteiger partial charge in [0, 0.05) is 35.4 Å². The maximum absolute atomic E-state index is 12.6. The number of hydrogen-bond donors (Lipinski definition) is 2. The molecule has 6 heteroatoms. The number of likely N-dealkylation sites (tertiary alicyclic amines) is 1. The molecule has 2 fully saturated rings. The second-order valence-corrected chi connectivity index (χ2v) is 9.42. The van der Waals surface area contributed by atoms with E-state index in [1.807, 2.05) is 4.90 Å². The Kier molecular flexibility index (Phi) is 4.03. The standard InChI is InChI=1S/C20H29N3O3/c1-19(2,3)18-21-15-14(16(25)22-18)4-5-20(15)6-8-23(9-7-20)17(26)12-10-13(24)11-12/h12-13,24H,4-11H2,1-3H3,(H,21,22,25). The summed E-state index contributed by atoms with van der Waals surface area (Å²) in [6.07, 6.45) is 4.40. The Bertz CT molecular complexity index is 778. The number of carbonyl (C=O) groups excluding carboxylic acids is 1. The third-order valence-corrected chi connectivity index (χ3v) is 6.58. The van der Waals surface area contributed by atoms with Crippen molar-refractivity contribution in [3.8, 4) is 0 Å². The van der Waals surface area contributed by atoms with Gasteiger partial charge in [0.15, 0.2) is 0 Å². The summed E-state index contributed by atoms with van der Waals surface area (Å²) in [6, 6.07) is 0. The van der Waals surface area contributed by atoms with E-state index >= 15 is 0 Å². The number of aliphatic hydroxyl groups is 1. The number of amides is 1. The molecule has 2 aliphatic carbocycles. The van der Waals surface area contributed by atoms with E-state index in [2.05, 4.69) is 25.8 Å². The van der Waals surface area contributed by atoms with E-state index in [0.717, 1.165) is 55.9 Å². The lowest BCUT2D eigenvalue weighted by Gasteiger charge is -2.42. The van der Waals surface area contributed by atoms with E-state index in [4.69, 9.17) is 4.98 Å². The van der Waals surface area contributed by atoms with Gasteiger partial charge in [0.1, 0.15) is 5.82 Å². The summed E-state index contributed by atoms with van der Waals surface area (Å²) < 4.78 is 0. The zero-order chi connectivity index (χ0) is 18.7. The van der Waals surface area contributed by atoms with Crippen molar-refractivity contribution in [1.82, 2.24) is 14.9 Å². The fraction of sp³-hybridized carbons (Fsp3) is 0.750. The Morgan fingerprint density at radius 1 is 1.23 bits per heavy atom. The van der Waals surface area contributed by atoms with E-state index < -0.39 is 0 Å². The number of aliphatic hydroxyl groups excluding tert-OH is 1. The number of nitrogens with zero attached hydrogens (tertiary/aromatic N) is 2. The number of hydrogen-bond acceptors (Lipinski definition) is 4. The van der Waals surface area contributed by atoms with Crippen molar-refractivity contribution in [3.63, 3.8) is 0 Å². The van der Waals surface area contributed by atoms with Gasteiger partial charge in [0.2, 0.25) is 5.91 Å². The molecule has 26 heavy (non-hydrogen) atoms. The molecule has 0 bridgehead atoms. The molecule has 0 radical (unpaired) electrons. The number of H-pyrrole nitrogens is 1. The normalized spacial score (nSPS) is 27.3. The Labute approximate surface area is 154 Å². The molecule has 1 aromatic heterocycles. The van der Waals surface area contributed by atoms with Crippen molar-refractivity contribution < 1.29 is 9.90 Å². The van der Waals surface area contributed by atoms with Crippen LogP contribution in [0, 0.1) is 5.92 Å². The third-order valence-electron chi connectivity index (χ3n) is 6.58. The molecule has 2 N–H and O–H groups in total. The summed E-state index contributed by atoms with van der Waals surface area (Å²) in [5, 5.41) is 9.45. The molecule has 0 aromatic carbocycles. The van der Waals surface area contributed by atoms with Crippen molar-refractivity contribution in [1.29, 1.82) is 0 Å². The van der Waals surface area contributed by atoms with Crippen LogP contribution in [0.2, 0.25) is 0 Å². The van der Waals surface area contributed by atoms with E-state index in [0.29, 0.717) is 12.8 Å². The molecule has 6 nitrogen and oxygen atoms in total. The van der Waals surface area contributed by atoms with Gasteiger partial charge in [0.05, 0.1) is 11.8 Å². The average molecular weight is 359 g/mol. The quantitative estimate of drug-likeness (QED) is 0.798. The summed E-state index contributed by atoms with van der Waals surface area (Å²) in [4.78, 5) is 35.0. The number of aromatic nitrogens is 2. The zero-order valence-corrected chi connectivity index (χ0v) is 16.0. The number of fused-ring (bicyclic) bond motifs is 2. The predicted molar refractivity (Wildman–Crippen MR) is 98.1 cm³/mol. The van der Waals surface area contributed by atoms with Gasteiger partial charge in [-0.15, -0.1) is 0 Å². The maximum Gasteiger partial charge on any atom is 0.254 e. The lowest BCUT2D eigenvalue weighted by atomic mass is 9.75. The molecule has 1 spiro atoms. The highest BCUT2D eigenvalue weighted by Gasteiger charge is 2.46. The van der Waals surface area contributed by atoms with Crippen LogP contribution in [0.25, 0.3) is 0 Å². The second-order valence-electron chi connectivity index (χ2n) is 9.42. The Hall–Kier alpha value is -1.69. The molecule has 1 saturated carbocycles. The summed E-state index contributed by atoms with van der Waals surface area (Å²) >= 11 is 0. The van der Waals surface area contributed by atoms with Crippen molar-refractivity contribution in [3.05, 3.63) is 27.4 Å². The minimum Gasteiger partial charge on any atom is -0.393 e. The maximum atomic E-state index is 12.6. The highest BCUT2D eigenvalue weighted by molar-refractivity contribution is 5.80. The Morgan fingerprint density at radius 2 is 1.88 bits per heavy atom. The molecule has 1 aliphatic heterocycles. The van der Waals surface area contributed by atoms with Crippen molar-refractivity contribution in [2.24, 2.45) is 5.92 Å². The Balaban J connectivity index is 1.55. The monoisotopic (exact) mass is 359 g/mol. The van der Waals surface area contributed by atoms with Crippen LogP contribution in [0.15, 0.2) is 4.79 Å². The number of carbonyl (C=O) groups is 1. The van der Waals surface area contributed by atoms with Crippen LogP contribution in [-0.4, -0.2) is 45.1 Å². The number of nitrogens with one attached hydrogen (secondary N) is 1. The van der Waals surface area contributed by atoms with E-state index in [-0.39, 0.29) is 34.3 Å². The number of piperidine rings is 1. The summed E-state index contributed by atoms with van der Waals surface area (Å²) in [6.45, 7) is 7.64. The minimum atomic E-state index is -0.298. The predicted octanol–water partition coefficient (Wildman–Crippen LogP) is 1.64. The second kappa shape index (κ2) is 5.91. The van der Waals surface area contributed by atoms with E-state index in [1.54, 1.807) is 0 Å². The van der Waals surface area contributed by atoms with Crippen molar-refractivity contribution in [2.75, 3.05) is 13.1 Å². The smallest absolute Gasteiger partial charge is 0.254 e. The number of rotatable bonds is 1. The van der Waals surface area contributed by atoms with E-state index in [9.17, 15) is 14.7 Å². The topological polar surface area (TPSA) is 86.3 Å². The molecule has 1 amide bonds. The molecule has 4 rings (SSSR count). The summed E-state index contributed by atoms with van der Waals surface area (Å²) in [5.41, 5.74) is 1.59. The van der Waals surface area contributed by atoms with Crippen LogP contribution >= 0.6 is 0 Å². The first kappa shape index (κ1) is 17.7. The summed E-state index contributed by atoms with van der Waals surface area (Å²) in [7, 11) is 0. The zero-order valence-electron chi connectivity index (χ0n) is 16.0. The van der Waals surface area contributed by atoms with Crippen molar-refractivity contribution in [2.45, 2.75) is 76.2 Å². The lowest BCUT2D eigenvalue weighted by Crippen LogP contribution is -2.49. The molecule has 2 heterocycles. The third kappa shape index (κ3) is 2.79. The molecule has 142 valence electrons.